The Hall–Kier alpha value is -2.79. The van der Waals surface area contributed by atoms with Crippen LogP contribution in [-0.4, -0.2) is 24.9 Å². The van der Waals surface area contributed by atoms with Gasteiger partial charge < -0.3 is 9.63 Å². The van der Waals surface area contributed by atoms with Crippen molar-refractivity contribution in [2.45, 2.75) is 17.7 Å². The van der Waals surface area contributed by atoms with Gasteiger partial charge in [-0.1, -0.05) is 17.3 Å². The molecule has 5 nitrogen and oxygen atoms in total. The molecule has 3 rings (SSSR count). The molecule has 0 unspecified atom stereocenters. The van der Waals surface area contributed by atoms with Crippen molar-refractivity contribution in [1.82, 2.24) is 5.16 Å². The number of halogens is 5. The molecule has 0 radical (unpaired) electrons. The van der Waals surface area contributed by atoms with Crippen molar-refractivity contribution >= 4 is 9.84 Å². The normalized spacial score (nSPS) is 12.4. The van der Waals surface area contributed by atoms with Gasteiger partial charge in [0.1, 0.15) is 28.8 Å². The van der Waals surface area contributed by atoms with Crippen molar-refractivity contribution in [3.63, 3.8) is 0 Å². The average Bonchev–Trinajstić information content (AvgIpc) is 3.05. The molecule has 0 fully saturated rings. The third-order valence-corrected chi connectivity index (χ3v) is 5.19. The monoisotopic (exact) mass is 433 g/mol. The summed E-state index contributed by atoms with van der Waals surface area (Å²) in [6.07, 6.45) is -3.87. The van der Waals surface area contributed by atoms with Gasteiger partial charge in [0.15, 0.2) is 15.6 Å². The van der Waals surface area contributed by atoms with Crippen molar-refractivity contribution < 1.29 is 40.0 Å². The summed E-state index contributed by atoms with van der Waals surface area (Å²) in [6.45, 7) is -0.766. The Bertz CT molecular complexity index is 1170. The van der Waals surface area contributed by atoms with Gasteiger partial charge in [0.2, 0.25) is 0 Å². The Balaban J connectivity index is 2.20. The fourth-order valence-electron chi connectivity index (χ4n) is 2.73. The van der Waals surface area contributed by atoms with Crippen LogP contribution in [0.1, 0.15) is 11.3 Å². The van der Waals surface area contributed by atoms with E-state index in [1.54, 1.807) is 0 Å². The molecular formula is C18H12F5NO4S. The average molecular weight is 433 g/mol. The number of rotatable bonds is 4. The summed E-state index contributed by atoms with van der Waals surface area (Å²) in [4.78, 5) is -0.864. The van der Waals surface area contributed by atoms with E-state index >= 15 is 0 Å². The van der Waals surface area contributed by atoms with Gasteiger partial charge in [0.05, 0.1) is 11.1 Å². The molecule has 0 saturated heterocycles. The Morgan fingerprint density at radius 3 is 2.21 bits per heavy atom. The predicted octanol–water partition coefficient (Wildman–Crippen LogP) is 4.20. The predicted molar refractivity (Wildman–Crippen MR) is 91.3 cm³/mol. The first-order chi connectivity index (χ1) is 13.4. The lowest BCUT2D eigenvalue weighted by atomic mass is 9.98. The lowest BCUT2D eigenvalue weighted by Gasteiger charge is -2.10. The molecule has 1 aromatic heterocycles. The van der Waals surface area contributed by atoms with E-state index in [-0.39, 0.29) is 22.6 Å². The second-order valence-electron chi connectivity index (χ2n) is 6.10. The lowest BCUT2D eigenvalue weighted by Crippen LogP contribution is -2.04. The van der Waals surface area contributed by atoms with Gasteiger partial charge in [-0.3, -0.25) is 0 Å². The van der Waals surface area contributed by atoms with E-state index in [0.717, 1.165) is 24.3 Å². The summed E-state index contributed by atoms with van der Waals surface area (Å²) >= 11 is 0. The number of benzene rings is 2. The van der Waals surface area contributed by atoms with E-state index in [9.17, 15) is 35.5 Å². The molecule has 29 heavy (non-hydrogen) atoms. The first-order valence-electron chi connectivity index (χ1n) is 7.90. The zero-order chi connectivity index (χ0) is 21.6. The number of aromatic nitrogens is 1. The largest absolute Gasteiger partial charge is 0.416 e. The molecule has 0 saturated carbocycles. The molecule has 0 aliphatic carbocycles. The number of alkyl halides is 3. The Morgan fingerprint density at radius 1 is 1.07 bits per heavy atom. The summed E-state index contributed by atoms with van der Waals surface area (Å²) in [5, 5.41) is 13.1. The van der Waals surface area contributed by atoms with Crippen molar-refractivity contribution in [3.8, 4) is 22.4 Å². The summed E-state index contributed by atoms with van der Waals surface area (Å²) in [7, 11) is -4.05. The molecule has 154 valence electrons. The van der Waals surface area contributed by atoms with Crippen molar-refractivity contribution in [2.75, 3.05) is 6.26 Å². The van der Waals surface area contributed by atoms with Crippen LogP contribution in [-0.2, 0) is 22.6 Å². The zero-order valence-electron chi connectivity index (χ0n) is 14.6. The second kappa shape index (κ2) is 7.23. The van der Waals surface area contributed by atoms with Crippen LogP contribution in [0.25, 0.3) is 22.4 Å². The molecule has 0 atom stereocenters. The van der Waals surface area contributed by atoms with E-state index in [0.29, 0.717) is 18.4 Å². The quantitative estimate of drug-likeness (QED) is 0.624. The summed E-state index contributed by atoms with van der Waals surface area (Å²) in [5.41, 5.74) is -1.65. The number of aliphatic hydroxyl groups excluding tert-OH is 1. The number of hydrogen-bond acceptors (Lipinski definition) is 5. The van der Waals surface area contributed by atoms with Crippen LogP contribution in [0.15, 0.2) is 45.8 Å². The van der Waals surface area contributed by atoms with Gasteiger partial charge in [0, 0.05) is 17.4 Å². The van der Waals surface area contributed by atoms with Crippen LogP contribution in [0.4, 0.5) is 22.0 Å². The molecule has 0 amide bonds. The molecule has 0 aliphatic heterocycles. The van der Waals surface area contributed by atoms with Gasteiger partial charge in [-0.2, -0.15) is 13.2 Å². The van der Waals surface area contributed by atoms with Gasteiger partial charge >= 0.3 is 6.18 Å². The van der Waals surface area contributed by atoms with Crippen molar-refractivity contribution in [2.24, 2.45) is 0 Å². The Morgan fingerprint density at radius 2 is 1.69 bits per heavy atom. The molecule has 2 aromatic carbocycles. The molecule has 0 aliphatic rings. The van der Waals surface area contributed by atoms with Gasteiger partial charge in [-0.05, 0) is 24.3 Å². The molecule has 1 N–H and O–H groups in total. The van der Waals surface area contributed by atoms with Crippen LogP contribution in [0.3, 0.4) is 0 Å². The Kier molecular flexibility index (Phi) is 5.22. The number of aliphatic hydroxyl groups is 1. The highest BCUT2D eigenvalue weighted by Gasteiger charge is 2.31. The van der Waals surface area contributed by atoms with Crippen molar-refractivity contribution in [1.29, 1.82) is 0 Å². The standard InChI is InChI=1S/C18H12F5NO4S/c1-29(26,27)15-7-12(19)11(6-13(15)20)16-14(8-25)28-24-17(16)9-2-4-10(5-3-9)18(21,22)23/h2-7,25H,8H2,1H3. The third kappa shape index (κ3) is 4.01. The maximum absolute atomic E-state index is 14.6. The SMILES string of the molecule is CS(=O)(=O)c1cc(F)c(-c2c(-c3ccc(C(F)(F)F)cc3)noc2CO)cc1F. The summed E-state index contributed by atoms with van der Waals surface area (Å²) in [6, 6.07) is 4.75. The molecule has 11 heteroatoms. The van der Waals surface area contributed by atoms with Gasteiger partial charge in [-0.15, -0.1) is 0 Å². The molecule has 3 aromatic rings. The lowest BCUT2D eigenvalue weighted by molar-refractivity contribution is -0.137. The van der Waals surface area contributed by atoms with Crippen LogP contribution in [0, 0.1) is 11.6 Å². The van der Waals surface area contributed by atoms with Gasteiger partial charge in [-0.25, -0.2) is 17.2 Å². The van der Waals surface area contributed by atoms with E-state index in [4.69, 9.17) is 4.52 Å². The van der Waals surface area contributed by atoms with E-state index < -0.39 is 50.3 Å². The van der Waals surface area contributed by atoms with Crippen LogP contribution in [0.2, 0.25) is 0 Å². The molecule has 0 spiro atoms. The maximum Gasteiger partial charge on any atom is 0.416 e. The van der Waals surface area contributed by atoms with Crippen LogP contribution >= 0.6 is 0 Å². The zero-order valence-corrected chi connectivity index (χ0v) is 15.4. The van der Waals surface area contributed by atoms with Crippen LogP contribution < -0.4 is 0 Å². The summed E-state index contributed by atoms with van der Waals surface area (Å²) < 4.78 is 95.2. The smallest absolute Gasteiger partial charge is 0.388 e. The van der Waals surface area contributed by atoms with Crippen LogP contribution in [0.5, 0.6) is 0 Å². The number of sulfone groups is 1. The fourth-order valence-corrected chi connectivity index (χ4v) is 3.46. The summed E-state index contributed by atoms with van der Waals surface area (Å²) in [5.74, 6) is -2.66. The van der Waals surface area contributed by atoms with E-state index in [1.807, 2.05) is 0 Å². The highest BCUT2D eigenvalue weighted by Crippen LogP contribution is 2.38. The minimum absolute atomic E-state index is 0.0865. The fraction of sp³-hybridized carbons (Fsp3) is 0.167. The van der Waals surface area contributed by atoms with E-state index in [1.165, 1.54) is 0 Å². The minimum atomic E-state index is -4.57. The van der Waals surface area contributed by atoms with E-state index in [2.05, 4.69) is 5.16 Å². The first kappa shape index (κ1) is 20.9. The molecule has 0 bridgehead atoms. The topological polar surface area (TPSA) is 80.4 Å². The second-order valence-corrected chi connectivity index (χ2v) is 8.08. The molecular weight excluding hydrogens is 421 g/mol. The minimum Gasteiger partial charge on any atom is -0.388 e. The number of nitrogens with zero attached hydrogens (tertiary/aromatic N) is 1. The van der Waals surface area contributed by atoms with Crippen molar-refractivity contribution in [3.05, 3.63) is 59.4 Å². The Labute approximate surface area is 161 Å². The number of hydrogen-bond donors (Lipinski definition) is 1. The third-order valence-electron chi connectivity index (χ3n) is 4.08. The van der Waals surface area contributed by atoms with Gasteiger partial charge in [0.25, 0.3) is 0 Å². The highest BCUT2D eigenvalue weighted by molar-refractivity contribution is 7.90. The molecule has 1 heterocycles. The maximum atomic E-state index is 14.6. The highest BCUT2D eigenvalue weighted by atomic mass is 32.2. The first-order valence-corrected chi connectivity index (χ1v) is 9.79.